The van der Waals surface area contributed by atoms with E-state index in [2.05, 4.69) is 26.1 Å². The van der Waals surface area contributed by atoms with Gasteiger partial charge in [0.15, 0.2) is 11.6 Å². The summed E-state index contributed by atoms with van der Waals surface area (Å²) in [5, 5.41) is 9.00. The Morgan fingerprint density at radius 3 is 2.74 bits per heavy atom. The fourth-order valence-corrected chi connectivity index (χ4v) is 3.85. The number of carbonyl (C=O) groups excluding carboxylic acids is 1. The van der Waals surface area contributed by atoms with Crippen molar-refractivity contribution in [2.24, 2.45) is 0 Å². The first-order valence-corrected chi connectivity index (χ1v) is 10.1. The van der Waals surface area contributed by atoms with Crippen LogP contribution in [0.3, 0.4) is 0 Å². The number of nitrogen functional groups attached to an aromatic ring is 1. The van der Waals surface area contributed by atoms with E-state index in [1.54, 1.807) is 13.0 Å². The quantitative estimate of drug-likeness (QED) is 0.330. The number of thioether (sulfide) groups is 1. The van der Waals surface area contributed by atoms with E-state index in [1.165, 1.54) is 16.4 Å². The molecular weight excluding hydrogens is 428 g/mol. The Morgan fingerprint density at radius 2 is 2.04 bits per heavy atom. The van der Waals surface area contributed by atoms with Crippen molar-refractivity contribution in [2.45, 2.75) is 24.8 Å². The highest BCUT2D eigenvalue weighted by atomic mass is 79.9. The minimum atomic E-state index is 0.0162. The predicted octanol–water partition coefficient (Wildman–Crippen LogP) is 4.32. The highest BCUT2D eigenvalue weighted by Gasteiger charge is 2.16. The maximum Gasteiger partial charge on any atom is 0.210 e. The van der Waals surface area contributed by atoms with Gasteiger partial charge in [-0.2, -0.15) is 0 Å². The van der Waals surface area contributed by atoms with Crippen molar-refractivity contribution in [1.29, 1.82) is 0 Å². The summed E-state index contributed by atoms with van der Waals surface area (Å²) in [5.41, 5.74) is 2.44. The van der Waals surface area contributed by atoms with Gasteiger partial charge in [0, 0.05) is 26.9 Å². The molecule has 2 aromatic carbocycles. The van der Waals surface area contributed by atoms with Crippen LogP contribution in [0.2, 0.25) is 0 Å². The van der Waals surface area contributed by atoms with Crippen LogP contribution in [0.4, 0.5) is 0 Å². The summed E-state index contributed by atoms with van der Waals surface area (Å²) in [5.74, 6) is 8.11. The lowest BCUT2D eigenvalue weighted by Gasteiger charge is -2.11. The van der Waals surface area contributed by atoms with Crippen LogP contribution in [0, 0.1) is 0 Å². The highest BCUT2D eigenvalue weighted by Crippen LogP contribution is 2.31. The second-order valence-corrected chi connectivity index (χ2v) is 7.55. The van der Waals surface area contributed by atoms with Gasteiger partial charge in [0.2, 0.25) is 5.16 Å². The number of halogens is 1. The molecule has 3 aromatic rings. The van der Waals surface area contributed by atoms with Crippen LogP contribution >= 0.6 is 27.7 Å². The molecule has 6 nitrogen and oxygen atoms in total. The number of Topliss-reactive ketones (excluding diaryl/α,β-unsaturated/α-hetero) is 1. The number of ketones is 1. The zero-order chi connectivity index (χ0) is 19.4. The van der Waals surface area contributed by atoms with Gasteiger partial charge in [-0.1, -0.05) is 39.8 Å². The third kappa shape index (κ3) is 4.33. The van der Waals surface area contributed by atoms with Crippen molar-refractivity contribution in [3.8, 4) is 17.1 Å². The molecule has 27 heavy (non-hydrogen) atoms. The third-order valence-corrected chi connectivity index (χ3v) is 5.59. The molecule has 8 heteroatoms. The molecule has 0 aliphatic rings. The van der Waals surface area contributed by atoms with Crippen LogP contribution in [-0.4, -0.2) is 27.3 Å². The molecule has 2 N–H and O–H groups in total. The lowest BCUT2D eigenvalue weighted by molar-refractivity contribution is 0.101. The first kappa shape index (κ1) is 19.4. The lowest BCUT2D eigenvalue weighted by atomic mass is 10.1. The molecule has 0 saturated heterocycles. The zero-order valence-corrected chi connectivity index (χ0v) is 17.4. The van der Waals surface area contributed by atoms with Crippen molar-refractivity contribution < 1.29 is 9.53 Å². The summed E-state index contributed by atoms with van der Waals surface area (Å²) in [4.78, 5) is 11.7. The van der Waals surface area contributed by atoms with Gasteiger partial charge >= 0.3 is 0 Å². The topological polar surface area (TPSA) is 83.0 Å². The average molecular weight is 447 g/mol. The average Bonchev–Trinajstić information content (AvgIpc) is 3.02. The molecule has 0 aliphatic heterocycles. The minimum Gasteiger partial charge on any atom is -0.494 e. The number of hydrogen-bond acceptors (Lipinski definition) is 6. The molecule has 0 atom stereocenters. The van der Waals surface area contributed by atoms with Gasteiger partial charge in [0.1, 0.15) is 5.75 Å². The Morgan fingerprint density at radius 1 is 1.26 bits per heavy atom. The molecule has 3 rings (SSSR count). The summed E-state index contributed by atoms with van der Waals surface area (Å²) in [6.07, 6.45) is 0. The summed E-state index contributed by atoms with van der Waals surface area (Å²) in [7, 11) is 0. The second kappa shape index (κ2) is 8.58. The molecule has 0 saturated carbocycles. The molecule has 0 fully saturated rings. The monoisotopic (exact) mass is 446 g/mol. The number of ether oxygens (including phenoxy) is 1. The molecule has 1 heterocycles. The molecule has 0 spiro atoms. The van der Waals surface area contributed by atoms with Gasteiger partial charge in [0.05, 0.1) is 6.61 Å². The maximum atomic E-state index is 11.7. The van der Waals surface area contributed by atoms with Crippen LogP contribution in [0.25, 0.3) is 11.4 Å². The molecule has 140 valence electrons. The van der Waals surface area contributed by atoms with E-state index >= 15 is 0 Å². The van der Waals surface area contributed by atoms with Gasteiger partial charge in [0.25, 0.3) is 0 Å². The van der Waals surface area contributed by atoms with E-state index in [-0.39, 0.29) is 5.78 Å². The van der Waals surface area contributed by atoms with Crippen LogP contribution < -0.4 is 10.6 Å². The Bertz CT molecular complexity index is 974. The number of aromatic nitrogens is 3. The number of benzene rings is 2. The predicted molar refractivity (Wildman–Crippen MR) is 110 cm³/mol. The van der Waals surface area contributed by atoms with Gasteiger partial charge in [-0.3, -0.25) is 4.79 Å². The van der Waals surface area contributed by atoms with Crippen molar-refractivity contribution in [1.82, 2.24) is 14.9 Å². The van der Waals surface area contributed by atoms with Crippen LogP contribution in [0.1, 0.15) is 29.8 Å². The molecule has 0 aliphatic carbocycles. The first-order valence-electron chi connectivity index (χ1n) is 8.36. The summed E-state index contributed by atoms with van der Waals surface area (Å²) in [6, 6.07) is 13.2. The Kier molecular flexibility index (Phi) is 6.18. The minimum absolute atomic E-state index is 0.0162. The van der Waals surface area contributed by atoms with E-state index in [0.717, 1.165) is 21.3 Å². The molecule has 0 bridgehead atoms. The van der Waals surface area contributed by atoms with Crippen molar-refractivity contribution >= 4 is 33.5 Å². The van der Waals surface area contributed by atoms with E-state index in [9.17, 15) is 4.79 Å². The van der Waals surface area contributed by atoms with Gasteiger partial charge < -0.3 is 10.6 Å². The Balaban J connectivity index is 1.84. The van der Waals surface area contributed by atoms with Crippen LogP contribution in [-0.2, 0) is 5.75 Å². The summed E-state index contributed by atoms with van der Waals surface area (Å²) >= 11 is 4.95. The fraction of sp³-hybridized carbons (Fsp3) is 0.211. The second-order valence-electron chi connectivity index (χ2n) is 5.76. The zero-order valence-electron chi connectivity index (χ0n) is 15.0. The van der Waals surface area contributed by atoms with Gasteiger partial charge in [-0.05, 0) is 44.2 Å². The van der Waals surface area contributed by atoms with E-state index < -0.39 is 0 Å². The molecule has 0 unspecified atom stereocenters. The number of carbonyl (C=O) groups is 1. The number of nitrogens with two attached hydrogens (primary N) is 1. The van der Waals surface area contributed by atoms with Gasteiger partial charge in [-0.25, -0.2) is 4.68 Å². The van der Waals surface area contributed by atoms with Crippen LogP contribution in [0.5, 0.6) is 5.75 Å². The van der Waals surface area contributed by atoms with E-state index in [0.29, 0.717) is 28.9 Å². The summed E-state index contributed by atoms with van der Waals surface area (Å²) < 4.78 is 8.04. The normalized spacial score (nSPS) is 10.8. The van der Waals surface area contributed by atoms with Gasteiger partial charge in [-0.15, -0.1) is 10.2 Å². The van der Waals surface area contributed by atoms with E-state index in [4.69, 9.17) is 10.6 Å². The molecule has 0 amide bonds. The molecule has 0 radical (unpaired) electrons. The van der Waals surface area contributed by atoms with E-state index in [1.807, 2.05) is 43.3 Å². The third-order valence-electron chi connectivity index (χ3n) is 3.90. The molecule has 1 aromatic heterocycles. The van der Waals surface area contributed by atoms with Crippen molar-refractivity contribution in [3.63, 3.8) is 0 Å². The number of hydrogen-bond donors (Lipinski definition) is 1. The largest absolute Gasteiger partial charge is 0.494 e. The fourth-order valence-electron chi connectivity index (χ4n) is 2.55. The van der Waals surface area contributed by atoms with Crippen molar-refractivity contribution in [3.05, 3.63) is 58.1 Å². The SMILES string of the molecule is CCOc1ccc(C(C)=O)cc1CSc1nnc(-c2ccccc2Br)n1N. The highest BCUT2D eigenvalue weighted by molar-refractivity contribution is 9.10. The lowest BCUT2D eigenvalue weighted by Crippen LogP contribution is -2.11. The maximum absolute atomic E-state index is 11.7. The Hall–Kier alpha value is -2.32. The Labute approximate surface area is 170 Å². The standard InChI is InChI=1S/C19H19BrN4O2S/c1-3-26-17-9-8-13(12(2)25)10-14(17)11-27-19-23-22-18(24(19)21)15-6-4-5-7-16(15)20/h4-10H,3,11,21H2,1-2H3. The molecular formula is C19H19BrN4O2S. The van der Waals surface area contributed by atoms with Crippen molar-refractivity contribution in [2.75, 3.05) is 12.4 Å². The van der Waals surface area contributed by atoms with Crippen LogP contribution in [0.15, 0.2) is 52.1 Å². The number of nitrogens with zero attached hydrogens (tertiary/aromatic N) is 3. The summed E-state index contributed by atoms with van der Waals surface area (Å²) in [6.45, 7) is 4.03. The number of rotatable bonds is 7. The first-order chi connectivity index (χ1) is 13.0. The smallest absolute Gasteiger partial charge is 0.210 e.